The van der Waals surface area contributed by atoms with Crippen LogP contribution in [0, 0.1) is 6.92 Å². The first kappa shape index (κ1) is 14.0. The van der Waals surface area contributed by atoms with Gasteiger partial charge < -0.3 is 10.6 Å². The maximum absolute atomic E-state index is 5.95. The van der Waals surface area contributed by atoms with Crippen LogP contribution in [0.1, 0.15) is 38.7 Å². The summed E-state index contributed by atoms with van der Waals surface area (Å²) < 4.78 is 0. The van der Waals surface area contributed by atoms with Crippen LogP contribution in [0.3, 0.4) is 0 Å². The summed E-state index contributed by atoms with van der Waals surface area (Å²) in [5, 5.41) is 0. The van der Waals surface area contributed by atoms with Gasteiger partial charge in [-0.1, -0.05) is 25.1 Å². The fraction of sp³-hybridized carbons (Fsp3) is 0.600. The van der Waals surface area contributed by atoms with Crippen LogP contribution in [0.5, 0.6) is 0 Å². The Labute approximate surface area is 106 Å². The quantitative estimate of drug-likeness (QED) is 0.784. The first-order valence-electron chi connectivity index (χ1n) is 6.75. The second-order valence-electron chi connectivity index (χ2n) is 4.68. The Hall–Kier alpha value is -1.02. The highest BCUT2D eigenvalue weighted by Gasteiger charge is 2.07. The van der Waals surface area contributed by atoms with Crippen molar-refractivity contribution < 1.29 is 0 Å². The summed E-state index contributed by atoms with van der Waals surface area (Å²) in [5.74, 6) is 0. The highest BCUT2D eigenvalue weighted by molar-refractivity contribution is 5.52. The summed E-state index contributed by atoms with van der Waals surface area (Å²) in [5.41, 5.74) is 8.67. The smallest absolute Gasteiger partial charge is 0.0395 e. The molecule has 0 aromatic heterocycles. The van der Waals surface area contributed by atoms with Gasteiger partial charge in [-0.15, -0.1) is 0 Å². The lowest BCUT2D eigenvalue weighted by Crippen LogP contribution is -2.27. The Kier molecular flexibility index (Phi) is 6.06. The number of nitrogens with two attached hydrogens (primary N) is 1. The Morgan fingerprint density at radius 2 is 1.94 bits per heavy atom. The largest absolute Gasteiger partial charge is 0.372 e. The summed E-state index contributed by atoms with van der Waals surface area (Å²) in [6.45, 7) is 8.72. The van der Waals surface area contributed by atoms with Gasteiger partial charge >= 0.3 is 0 Å². The normalized spacial score (nSPS) is 12.5. The monoisotopic (exact) mass is 234 g/mol. The number of hydrogen-bond donors (Lipinski definition) is 1. The molecule has 2 heteroatoms. The van der Waals surface area contributed by atoms with Gasteiger partial charge in [0.15, 0.2) is 0 Å². The molecule has 0 fully saturated rings. The molecule has 0 saturated carbocycles. The average Bonchev–Trinajstić information content (AvgIpc) is 2.35. The summed E-state index contributed by atoms with van der Waals surface area (Å²) >= 11 is 0. The third kappa shape index (κ3) is 4.39. The van der Waals surface area contributed by atoms with Crippen molar-refractivity contribution in [2.24, 2.45) is 5.73 Å². The van der Waals surface area contributed by atoms with Crippen LogP contribution in [-0.2, 0) is 0 Å². The van der Waals surface area contributed by atoms with E-state index in [1.807, 2.05) is 0 Å². The van der Waals surface area contributed by atoms with Gasteiger partial charge in [0.1, 0.15) is 0 Å². The lowest BCUT2D eigenvalue weighted by Gasteiger charge is -2.25. The first-order valence-corrected chi connectivity index (χ1v) is 6.75. The molecule has 1 rings (SSSR count). The van der Waals surface area contributed by atoms with Crippen molar-refractivity contribution >= 4 is 5.69 Å². The summed E-state index contributed by atoms with van der Waals surface area (Å²) in [4.78, 5) is 2.44. The minimum atomic E-state index is 0.366. The van der Waals surface area contributed by atoms with E-state index in [0.717, 1.165) is 25.9 Å². The van der Waals surface area contributed by atoms with Crippen LogP contribution in [0.25, 0.3) is 0 Å². The average molecular weight is 234 g/mol. The van der Waals surface area contributed by atoms with Crippen LogP contribution >= 0.6 is 0 Å². The van der Waals surface area contributed by atoms with Gasteiger partial charge in [-0.2, -0.15) is 0 Å². The van der Waals surface area contributed by atoms with E-state index in [9.17, 15) is 0 Å². The van der Waals surface area contributed by atoms with Gasteiger partial charge in [-0.05, 0) is 44.7 Å². The van der Waals surface area contributed by atoms with Crippen molar-refractivity contribution in [1.82, 2.24) is 0 Å². The molecule has 0 amide bonds. The van der Waals surface area contributed by atoms with Crippen molar-refractivity contribution in [2.45, 2.75) is 46.1 Å². The van der Waals surface area contributed by atoms with Gasteiger partial charge in [0, 0.05) is 24.8 Å². The summed E-state index contributed by atoms with van der Waals surface area (Å²) in [6.07, 6.45) is 3.38. The third-order valence-corrected chi connectivity index (χ3v) is 3.37. The van der Waals surface area contributed by atoms with Gasteiger partial charge in [-0.3, -0.25) is 0 Å². The number of para-hydroxylation sites is 1. The van der Waals surface area contributed by atoms with Crippen LogP contribution in [0.4, 0.5) is 5.69 Å². The topological polar surface area (TPSA) is 29.3 Å². The molecule has 0 heterocycles. The molecule has 2 nitrogen and oxygen atoms in total. The maximum atomic E-state index is 5.95. The van der Waals surface area contributed by atoms with E-state index in [2.05, 4.69) is 49.9 Å². The fourth-order valence-electron chi connectivity index (χ4n) is 2.12. The highest BCUT2D eigenvalue weighted by Crippen LogP contribution is 2.19. The Morgan fingerprint density at radius 3 is 2.53 bits per heavy atom. The molecule has 0 saturated heterocycles. The minimum absolute atomic E-state index is 0.366. The van der Waals surface area contributed by atoms with Crippen LogP contribution in [0.15, 0.2) is 24.3 Å². The number of rotatable bonds is 7. The zero-order valence-electron chi connectivity index (χ0n) is 11.4. The molecule has 0 aliphatic heterocycles. The van der Waals surface area contributed by atoms with Crippen molar-refractivity contribution in [2.75, 3.05) is 18.0 Å². The second-order valence-corrected chi connectivity index (χ2v) is 4.68. The Morgan fingerprint density at radius 1 is 1.24 bits per heavy atom. The Balaban J connectivity index is 2.52. The molecule has 2 N–H and O–H groups in total. The molecule has 96 valence electrons. The van der Waals surface area contributed by atoms with E-state index < -0.39 is 0 Å². The van der Waals surface area contributed by atoms with E-state index >= 15 is 0 Å². The number of anilines is 1. The number of nitrogens with zero attached hydrogens (tertiary/aromatic N) is 1. The predicted octanol–water partition coefficient (Wildman–Crippen LogP) is 3.34. The predicted molar refractivity (Wildman–Crippen MR) is 76.6 cm³/mol. The summed E-state index contributed by atoms with van der Waals surface area (Å²) in [6, 6.07) is 8.96. The number of benzene rings is 1. The molecule has 0 radical (unpaired) electrons. The summed E-state index contributed by atoms with van der Waals surface area (Å²) in [7, 11) is 0. The maximum Gasteiger partial charge on any atom is 0.0395 e. The van der Waals surface area contributed by atoms with Crippen LogP contribution < -0.4 is 10.6 Å². The molecule has 1 aromatic rings. The van der Waals surface area contributed by atoms with Crippen LogP contribution in [0.2, 0.25) is 0 Å². The molecule has 1 aromatic carbocycles. The molecule has 0 bridgehead atoms. The van der Waals surface area contributed by atoms with Crippen molar-refractivity contribution in [1.29, 1.82) is 0 Å². The standard InChI is InChI=1S/C15H26N2/c1-4-14(16)10-8-12-17(5-2)15-11-7-6-9-13(15)3/h6-7,9,11,14H,4-5,8,10,12,16H2,1-3H3. The van der Waals surface area contributed by atoms with Gasteiger partial charge in [0.05, 0.1) is 0 Å². The van der Waals surface area contributed by atoms with Gasteiger partial charge in [-0.25, -0.2) is 0 Å². The third-order valence-electron chi connectivity index (χ3n) is 3.37. The van der Waals surface area contributed by atoms with Crippen molar-refractivity contribution in [3.8, 4) is 0 Å². The zero-order valence-corrected chi connectivity index (χ0v) is 11.4. The SMILES string of the molecule is CCC(N)CCCN(CC)c1ccccc1C. The van der Waals surface area contributed by atoms with Gasteiger partial charge in [0.25, 0.3) is 0 Å². The minimum Gasteiger partial charge on any atom is -0.372 e. The van der Waals surface area contributed by atoms with Crippen molar-refractivity contribution in [3.63, 3.8) is 0 Å². The van der Waals surface area contributed by atoms with E-state index in [4.69, 9.17) is 5.73 Å². The molecular weight excluding hydrogens is 208 g/mol. The zero-order chi connectivity index (χ0) is 12.7. The lowest BCUT2D eigenvalue weighted by atomic mass is 10.1. The Bertz CT molecular complexity index is 322. The first-order chi connectivity index (χ1) is 8.19. The fourth-order valence-corrected chi connectivity index (χ4v) is 2.12. The van der Waals surface area contributed by atoms with Crippen LogP contribution in [-0.4, -0.2) is 19.1 Å². The van der Waals surface area contributed by atoms with Crippen molar-refractivity contribution in [3.05, 3.63) is 29.8 Å². The number of aryl methyl sites for hydroxylation is 1. The molecule has 17 heavy (non-hydrogen) atoms. The van der Waals surface area contributed by atoms with Gasteiger partial charge in [0.2, 0.25) is 0 Å². The molecule has 0 spiro atoms. The highest BCUT2D eigenvalue weighted by atomic mass is 15.1. The molecule has 0 aliphatic rings. The van der Waals surface area contributed by atoms with E-state index in [1.54, 1.807) is 0 Å². The molecule has 1 atom stereocenters. The molecule has 1 unspecified atom stereocenters. The second kappa shape index (κ2) is 7.33. The molecular formula is C15H26N2. The van der Waals surface area contributed by atoms with E-state index in [1.165, 1.54) is 17.7 Å². The van der Waals surface area contributed by atoms with E-state index in [0.29, 0.717) is 6.04 Å². The number of hydrogen-bond acceptors (Lipinski definition) is 2. The van der Waals surface area contributed by atoms with E-state index in [-0.39, 0.29) is 0 Å². The molecule has 0 aliphatic carbocycles. The lowest BCUT2D eigenvalue weighted by molar-refractivity contribution is 0.563.